The van der Waals surface area contributed by atoms with Crippen molar-refractivity contribution in [3.63, 3.8) is 0 Å². The summed E-state index contributed by atoms with van der Waals surface area (Å²) in [5.74, 6) is 0.764. The van der Waals surface area contributed by atoms with E-state index in [9.17, 15) is 4.79 Å². The number of nitrogens with one attached hydrogen (secondary N) is 1. The number of methoxy groups -OCH3 is 1. The molecule has 0 unspecified atom stereocenters. The molecule has 3 aromatic rings. The fraction of sp³-hybridized carbons (Fsp3) is 0.250. The highest BCUT2D eigenvalue weighted by Crippen LogP contribution is 2.29. The van der Waals surface area contributed by atoms with Crippen molar-refractivity contribution in [1.29, 1.82) is 0 Å². The Hall–Kier alpha value is -2.34. The smallest absolute Gasteiger partial charge is 0.261 e. The molecule has 0 bridgehead atoms. The first-order chi connectivity index (χ1) is 10.8. The maximum atomic E-state index is 12.1. The Morgan fingerprint density at radius 1 is 1.36 bits per heavy atom. The third kappa shape index (κ3) is 2.25. The second-order valence-corrected chi connectivity index (χ2v) is 6.39. The number of amides is 1. The molecule has 0 atom stereocenters. The van der Waals surface area contributed by atoms with E-state index in [1.165, 1.54) is 11.3 Å². The fourth-order valence-electron chi connectivity index (χ4n) is 2.42. The van der Waals surface area contributed by atoms with Crippen LogP contribution in [0.2, 0.25) is 0 Å². The van der Waals surface area contributed by atoms with Gasteiger partial charge in [-0.3, -0.25) is 9.36 Å². The maximum absolute atomic E-state index is 12.1. The van der Waals surface area contributed by atoms with Gasteiger partial charge in [-0.05, 0) is 37.1 Å². The second kappa shape index (κ2) is 5.14. The van der Waals surface area contributed by atoms with Gasteiger partial charge in [0.15, 0.2) is 0 Å². The molecule has 1 aromatic carbocycles. The summed E-state index contributed by atoms with van der Waals surface area (Å²) >= 11 is 1.47. The lowest BCUT2D eigenvalue weighted by molar-refractivity contribution is 0.0955. The Kier molecular flexibility index (Phi) is 3.11. The summed E-state index contributed by atoms with van der Waals surface area (Å²) in [7, 11) is 1.64. The van der Waals surface area contributed by atoms with E-state index < -0.39 is 0 Å². The van der Waals surface area contributed by atoms with Gasteiger partial charge in [-0.15, -0.1) is 11.3 Å². The average molecular weight is 313 g/mol. The minimum absolute atomic E-state index is 0.0146. The molecule has 6 heteroatoms. The molecule has 0 radical (unpaired) electrons. The van der Waals surface area contributed by atoms with Crippen LogP contribution in [0.15, 0.2) is 36.7 Å². The van der Waals surface area contributed by atoms with Crippen LogP contribution in [-0.4, -0.2) is 28.6 Å². The summed E-state index contributed by atoms with van der Waals surface area (Å²) in [5, 5.41) is 3.98. The van der Waals surface area contributed by atoms with E-state index >= 15 is 0 Å². The number of hydrogen-bond donors (Lipinski definition) is 1. The predicted molar refractivity (Wildman–Crippen MR) is 86.0 cm³/mol. The van der Waals surface area contributed by atoms with E-state index in [0.717, 1.165) is 39.5 Å². The van der Waals surface area contributed by atoms with Crippen LogP contribution in [0.25, 0.3) is 16.0 Å². The highest BCUT2D eigenvalue weighted by atomic mass is 32.1. The van der Waals surface area contributed by atoms with Gasteiger partial charge in [0.2, 0.25) is 0 Å². The van der Waals surface area contributed by atoms with Crippen LogP contribution in [0.3, 0.4) is 0 Å². The molecule has 1 aliphatic rings. The quantitative estimate of drug-likeness (QED) is 0.805. The molecule has 5 nitrogen and oxygen atoms in total. The summed E-state index contributed by atoms with van der Waals surface area (Å²) in [4.78, 5) is 17.2. The Morgan fingerprint density at radius 2 is 2.23 bits per heavy atom. The summed E-state index contributed by atoms with van der Waals surface area (Å²) < 4.78 is 7.32. The van der Waals surface area contributed by atoms with Crippen LogP contribution in [0, 0.1) is 0 Å². The van der Waals surface area contributed by atoms with Crippen LogP contribution in [-0.2, 0) is 0 Å². The Morgan fingerprint density at radius 3 is 3.00 bits per heavy atom. The van der Waals surface area contributed by atoms with Gasteiger partial charge in [-0.25, -0.2) is 4.98 Å². The molecule has 112 valence electrons. The number of hydrogen-bond acceptors (Lipinski definition) is 4. The lowest BCUT2D eigenvalue weighted by Crippen LogP contribution is -2.24. The van der Waals surface area contributed by atoms with E-state index in [2.05, 4.69) is 10.3 Å². The van der Waals surface area contributed by atoms with Gasteiger partial charge in [0, 0.05) is 6.04 Å². The van der Waals surface area contributed by atoms with Crippen LogP contribution in [0.4, 0.5) is 0 Å². The van der Waals surface area contributed by atoms with E-state index in [-0.39, 0.29) is 5.91 Å². The SMILES string of the molecule is COc1cccc2c1ncn2-c1ccc(C(=O)NC2CC2)s1. The molecule has 0 spiro atoms. The summed E-state index contributed by atoms with van der Waals surface area (Å²) in [6, 6.07) is 10.0. The number of benzene rings is 1. The minimum Gasteiger partial charge on any atom is -0.494 e. The third-order valence-corrected chi connectivity index (χ3v) is 4.81. The standard InChI is InChI=1S/C16H15N3O2S/c1-21-12-4-2-3-11-15(12)17-9-19(11)14-8-7-13(22-14)16(20)18-10-5-6-10/h2-4,7-10H,5-6H2,1H3,(H,18,20). The number of nitrogens with zero attached hydrogens (tertiary/aromatic N) is 2. The molecule has 2 heterocycles. The molecule has 1 N–H and O–H groups in total. The van der Waals surface area contributed by atoms with Crippen molar-refractivity contribution in [3.8, 4) is 10.8 Å². The molecule has 2 aromatic heterocycles. The summed E-state index contributed by atoms with van der Waals surface area (Å²) in [5.41, 5.74) is 1.79. The number of imidazole rings is 1. The van der Waals surface area contributed by atoms with Gasteiger partial charge in [-0.2, -0.15) is 0 Å². The van der Waals surface area contributed by atoms with Gasteiger partial charge in [0.25, 0.3) is 5.91 Å². The molecule has 4 rings (SSSR count). The zero-order chi connectivity index (χ0) is 15.1. The molecule has 1 fully saturated rings. The highest BCUT2D eigenvalue weighted by Gasteiger charge is 2.24. The van der Waals surface area contributed by atoms with Crippen molar-refractivity contribution in [1.82, 2.24) is 14.9 Å². The number of carbonyl (C=O) groups is 1. The normalized spacial score (nSPS) is 14.2. The van der Waals surface area contributed by atoms with Gasteiger partial charge in [0.1, 0.15) is 22.6 Å². The van der Waals surface area contributed by atoms with Gasteiger partial charge in [0.05, 0.1) is 17.5 Å². The van der Waals surface area contributed by atoms with Crippen molar-refractivity contribution in [2.24, 2.45) is 0 Å². The topological polar surface area (TPSA) is 56.2 Å². The first kappa shape index (κ1) is 13.3. The number of carbonyl (C=O) groups excluding carboxylic acids is 1. The van der Waals surface area contributed by atoms with E-state index in [1.54, 1.807) is 13.4 Å². The number of ether oxygens (including phenoxy) is 1. The Bertz CT molecular complexity index is 848. The van der Waals surface area contributed by atoms with Gasteiger partial charge in [-0.1, -0.05) is 6.07 Å². The number of thiophene rings is 1. The van der Waals surface area contributed by atoms with E-state index in [0.29, 0.717) is 6.04 Å². The zero-order valence-electron chi connectivity index (χ0n) is 12.1. The Balaban J connectivity index is 1.70. The fourth-order valence-corrected chi connectivity index (χ4v) is 3.31. The molecule has 0 aliphatic heterocycles. The van der Waals surface area contributed by atoms with Gasteiger partial charge >= 0.3 is 0 Å². The number of para-hydroxylation sites is 1. The first-order valence-electron chi connectivity index (χ1n) is 7.17. The largest absolute Gasteiger partial charge is 0.494 e. The van der Waals surface area contributed by atoms with Crippen LogP contribution >= 0.6 is 11.3 Å². The Labute approximate surface area is 131 Å². The average Bonchev–Trinajstić information content (AvgIpc) is 3.04. The molecular formula is C16H15N3O2S. The highest BCUT2D eigenvalue weighted by molar-refractivity contribution is 7.16. The molecule has 0 saturated heterocycles. The van der Waals surface area contributed by atoms with Crippen molar-refractivity contribution < 1.29 is 9.53 Å². The van der Waals surface area contributed by atoms with Crippen LogP contribution < -0.4 is 10.1 Å². The number of fused-ring (bicyclic) bond motifs is 1. The van der Waals surface area contributed by atoms with Crippen molar-refractivity contribution in [2.45, 2.75) is 18.9 Å². The number of rotatable bonds is 4. The monoisotopic (exact) mass is 313 g/mol. The first-order valence-corrected chi connectivity index (χ1v) is 7.99. The van der Waals surface area contributed by atoms with Crippen molar-refractivity contribution >= 4 is 28.3 Å². The summed E-state index contributed by atoms with van der Waals surface area (Å²) in [6.07, 6.45) is 3.95. The van der Waals surface area contributed by atoms with Crippen LogP contribution in [0.5, 0.6) is 5.75 Å². The lowest BCUT2D eigenvalue weighted by Gasteiger charge is -2.03. The van der Waals surface area contributed by atoms with Crippen LogP contribution in [0.1, 0.15) is 22.5 Å². The van der Waals surface area contributed by atoms with Crippen molar-refractivity contribution in [3.05, 3.63) is 41.5 Å². The van der Waals surface area contributed by atoms with E-state index in [1.807, 2.05) is 34.9 Å². The molecular weight excluding hydrogens is 298 g/mol. The predicted octanol–water partition coefficient (Wildman–Crippen LogP) is 2.99. The lowest BCUT2D eigenvalue weighted by atomic mass is 10.3. The number of aromatic nitrogens is 2. The van der Waals surface area contributed by atoms with E-state index in [4.69, 9.17) is 4.74 Å². The second-order valence-electron chi connectivity index (χ2n) is 5.33. The summed E-state index contributed by atoms with van der Waals surface area (Å²) in [6.45, 7) is 0. The molecule has 22 heavy (non-hydrogen) atoms. The molecule has 1 amide bonds. The zero-order valence-corrected chi connectivity index (χ0v) is 12.9. The minimum atomic E-state index is 0.0146. The molecule has 1 saturated carbocycles. The maximum Gasteiger partial charge on any atom is 0.261 e. The van der Waals surface area contributed by atoms with Gasteiger partial charge < -0.3 is 10.1 Å². The third-order valence-electron chi connectivity index (χ3n) is 3.73. The molecule has 1 aliphatic carbocycles. The van der Waals surface area contributed by atoms with Crippen molar-refractivity contribution in [2.75, 3.05) is 7.11 Å².